The van der Waals surface area contributed by atoms with Gasteiger partial charge < -0.3 is 4.74 Å². The minimum Gasteiger partial charge on any atom is -0.465 e. The first kappa shape index (κ1) is 22.5. The van der Waals surface area contributed by atoms with Crippen LogP contribution in [0, 0.1) is 12.4 Å². The third-order valence-electron chi connectivity index (χ3n) is 6.92. The maximum Gasteiger partial charge on any atom is 0.337 e. The van der Waals surface area contributed by atoms with Crippen LogP contribution in [-0.2, 0) is 23.1 Å². The number of ether oxygens (including phenoxy) is 1. The Morgan fingerprint density at radius 2 is 1.60 bits per heavy atom. The van der Waals surface area contributed by atoms with E-state index in [-0.39, 0.29) is 18.5 Å². The number of esters is 1. The number of nitrogens with zero attached hydrogens (tertiary/aromatic N) is 2. The zero-order valence-corrected chi connectivity index (χ0v) is 19.0. The zero-order chi connectivity index (χ0) is 24.7. The van der Waals surface area contributed by atoms with Crippen LogP contribution in [0.5, 0.6) is 0 Å². The monoisotopic (exact) mass is 468 g/mol. The number of methoxy groups -OCH3 is 1. The fourth-order valence-electron chi connectivity index (χ4n) is 5.15. The molecule has 0 saturated carbocycles. The van der Waals surface area contributed by atoms with Gasteiger partial charge in [-0.05, 0) is 60.4 Å². The third kappa shape index (κ3) is 3.50. The largest absolute Gasteiger partial charge is 0.465 e. The quantitative estimate of drug-likeness (QED) is 0.320. The first-order chi connectivity index (χ1) is 16.9. The highest BCUT2D eigenvalue weighted by atomic mass is 19.1. The van der Waals surface area contributed by atoms with E-state index in [0.29, 0.717) is 35.1 Å². The Balaban J connectivity index is 1.64. The van der Waals surface area contributed by atoms with Crippen molar-refractivity contribution in [2.24, 2.45) is 0 Å². The Hall–Kier alpha value is -4.31. The standard InChI is InChI=1S/C28H21FN2O4/c1-30-28(13-14-31-25(32)21-5-3-4-6-22(21)26(31)33)23-15-19(27(34)35-2)10-9-17(23)7-8-18-11-12-20(29)16-24(18)28/h3-6,9-12,15-16H,7-8,13-14H2,2H3. The van der Waals surface area contributed by atoms with Crippen LogP contribution in [0.15, 0.2) is 60.7 Å². The minimum absolute atomic E-state index is 0.0351. The fourth-order valence-corrected chi connectivity index (χ4v) is 5.15. The maximum absolute atomic E-state index is 14.5. The zero-order valence-electron chi connectivity index (χ0n) is 19.0. The first-order valence-electron chi connectivity index (χ1n) is 11.2. The topological polar surface area (TPSA) is 68.0 Å². The molecule has 2 amide bonds. The van der Waals surface area contributed by atoms with E-state index in [4.69, 9.17) is 11.3 Å². The predicted octanol–water partition coefficient (Wildman–Crippen LogP) is 4.56. The lowest BCUT2D eigenvalue weighted by molar-refractivity contribution is 0.0598. The van der Waals surface area contributed by atoms with Crippen LogP contribution >= 0.6 is 0 Å². The Bertz CT molecular complexity index is 1410. The van der Waals surface area contributed by atoms with Gasteiger partial charge in [-0.1, -0.05) is 24.3 Å². The average Bonchev–Trinajstić information content (AvgIpc) is 3.04. The summed E-state index contributed by atoms with van der Waals surface area (Å²) in [5.41, 5.74) is 2.27. The van der Waals surface area contributed by atoms with E-state index in [1.165, 1.54) is 19.2 Å². The van der Waals surface area contributed by atoms with Gasteiger partial charge in [-0.2, -0.15) is 0 Å². The number of imide groups is 1. The maximum atomic E-state index is 14.5. The van der Waals surface area contributed by atoms with Crippen LogP contribution in [0.4, 0.5) is 4.39 Å². The van der Waals surface area contributed by atoms with Crippen LogP contribution in [0.2, 0.25) is 0 Å². The molecule has 0 N–H and O–H groups in total. The van der Waals surface area contributed by atoms with Gasteiger partial charge in [0, 0.05) is 17.7 Å². The molecule has 0 radical (unpaired) electrons. The van der Waals surface area contributed by atoms with Crippen LogP contribution in [0.1, 0.15) is 59.7 Å². The number of aryl methyl sites for hydroxylation is 2. The number of hydrogen-bond acceptors (Lipinski definition) is 4. The molecular formula is C28H21FN2O4. The summed E-state index contributed by atoms with van der Waals surface area (Å²) < 4.78 is 19.4. The number of benzene rings is 3. The van der Waals surface area contributed by atoms with Gasteiger partial charge in [-0.25, -0.2) is 15.8 Å². The van der Waals surface area contributed by atoms with Crippen molar-refractivity contribution < 1.29 is 23.5 Å². The van der Waals surface area contributed by atoms with Crippen molar-refractivity contribution in [1.82, 2.24) is 4.90 Å². The van der Waals surface area contributed by atoms with Gasteiger partial charge >= 0.3 is 5.97 Å². The molecular weight excluding hydrogens is 447 g/mol. The molecule has 0 aromatic heterocycles. The summed E-state index contributed by atoms with van der Waals surface area (Å²) in [5.74, 6) is -1.86. The van der Waals surface area contributed by atoms with E-state index in [0.717, 1.165) is 16.0 Å². The molecule has 174 valence electrons. The van der Waals surface area contributed by atoms with E-state index in [1.54, 1.807) is 48.5 Å². The van der Waals surface area contributed by atoms with Crippen molar-refractivity contribution in [2.75, 3.05) is 13.7 Å². The highest BCUT2D eigenvalue weighted by molar-refractivity contribution is 6.21. The normalized spacial score (nSPS) is 18.3. The van der Waals surface area contributed by atoms with Gasteiger partial charge in [-0.15, -0.1) is 0 Å². The number of amides is 2. The van der Waals surface area contributed by atoms with Crippen molar-refractivity contribution in [2.45, 2.75) is 24.8 Å². The molecule has 5 rings (SSSR count). The summed E-state index contributed by atoms with van der Waals surface area (Å²) in [6.07, 6.45) is 1.24. The van der Waals surface area contributed by atoms with Crippen LogP contribution in [-0.4, -0.2) is 36.3 Å². The predicted molar refractivity (Wildman–Crippen MR) is 125 cm³/mol. The van der Waals surface area contributed by atoms with Gasteiger partial charge in [0.05, 0.1) is 30.2 Å². The van der Waals surface area contributed by atoms with Crippen LogP contribution in [0.25, 0.3) is 4.85 Å². The molecule has 0 bridgehead atoms. The summed E-state index contributed by atoms with van der Waals surface area (Å²) in [6, 6.07) is 16.1. The minimum atomic E-state index is -1.40. The Morgan fingerprint density at radius 1 is 1.00 bits per heavy atom. The van der Waals surface area contributed by atoms with Gasteiger partial charge in [-0.3, -0.25) is 19.3 Å². The van der Waals surface area contributed by atoms with E-state index >= 15 is 0 Å². The van der Waals surface area contributed by atoms with Crippen molar-refractivity contribution in [3.63, 3.8) is 0 Å². The van der Waals surface area contributed by atoms with Crippen molar-refractivity contribution in [1.29, 1.82) is 0 Å². The van der Waals surface area contributed by atoms with E-state index in [9.17, 15) is 18.8 Å². The summed E-state index contributed by atoms with van der Waals surface area (Å²) in [7, 11) is 1.28. The number of fused-ring (bicyclic) bond motifs is 3. The highest BCUT2D eigenvalue weighted by Crippen LogP contribution is 2.45. The molecule has 7 heteroatoms. The summed E-state index contributed by atoms with van der Waals surface area (Å²) in [5, 5.41) is 0. The molecule has 0 fully saturated rings. The molecule has 1 unspecified atom stereocenters. The van der Waals surface area contributed by atoms with Crippen LogP contribution in [0.3, 0.4) is 0 Å². The van der Waals surface area contributed by atoms with Crippen LogP contribution < -0.4 is 0 Å². The van der Waals surface area contributed by atoms with Gasteiger partial charge in [0.25, 0.3) is 17.4 Å². The third-order valence-corrected chi connectivity index (χ3v) is 6.92. The second kappa shape index (κ2) is 8.48. The lowest BCUT2D eigenvalue weighted by Gasteiger charge is -2.27. The second-order valence-corrected chi connectivity index (χ2v) is 8.69. The molecule has 6 nitrogen and oxygen atoms in total. The van der Waals surface area contributed by atoms with Crippen molar-refractivity contribution in [3.05, 3.63) is 117 Å². The first-order valence-corrected chi connectivity index (χ1v) is 11.2. The lowest BCUT2D eigenvalue weighted by atomic mass is 9.77. The number of hydrogen-bond donors (Lipinski definition) is 0. The second-order valence-electron chi connectivity index (χ2n) is 8.69. The Morgan fingerprint density at radius 3 is 2.20 bits per heavy atom. The highest BCUT2D eigenvalue weighted by Gasteiger charge is 2.48. The van der Waals surface area contributed by atoms with Gasteiger partial charge in [0.1, 0.15) is 5.82 Å². The molecule has 1 aliphatic heterocycles. The molecule has 3 aromatic carbocycles. The molecule has 3 aromatic rings. The molecule has 1 atom stereocenters. The van der Waals surface area contributed by atoms with Crippen molar-refractivity contribution in [3.8, 4) is 0 Å². The van der Waals surface area contributed by atoms with E-state index < -0.39 is 29.1 Å². The molecule has 0 saturated heterocycles. The molecule has 1 heterocycles. The molecule has 2 aliphatic rings. The molecule has 35 heavy (non-hydrogen) atoms. The lowest BCUT2D eigenvalue weighted by Crippen LogP contribution is -2.36. The molecule has 0 spiro atoms. The Labute approximate surface area is 201 Å². The number of carbonyl (C=O) groups excluding carboxylic acids is 3. The number of rotatable bonds is 4. The summed E-state index contributed by atoms with van der Waals surface area (Å²) >= 11 is 0. The van der Waals surface area contributed by atoms with E-state index in [2.05, 4.69) is 4.85 Å². The Kier molecular flexibility index (Phi) is 5.45. The van der Waals surface area contributed by atoms with Gasteiger partial charge in [0.2, 0.25) is 0 Å². The summed E-state index contributed by atoms with van der Waals surface area (Å²) in [6.45, 7) is 8.26. The SMILES string of the molecule is [C-]#[N+]C1(CCN2C(=O)c3ccccc3C2=O)c2cc(F)ccc2CCc2ccc(C(=O)OC)cc21. The summed E-state index contributed by atoms with van der Waals surface area (Å²) in [4.78, 5) is 43.4. The number of carbonyl (C=O) groups is 3. The fraction of sp³-hybridized carbons (Fsp3) is 0.214. The number of halogens is 1. The van der Waals surface area contributed by atoms with Gasteiger partial charge in [0.15, 0.2) is 0 Å². The smallest absolute Gasteiger partial charge is 0.337 e. The van der Waals surface area contributed by atoms with Crippen molar-refractivity contribution >= 4 is 17.8 Å². The molecule has 1 aliphatic carbocycles. The average molecular weight is 468 g/mol. The van der Waals surface area contributed by atoms with E-state index in [1.807, 2.05) is 0 Å².